The van der Waals surface area contributed by atoms with Crippen LogP contribution in [0.2, 0.25) is 0 Å². The van der Waals surface area contributed by atoms with Crippen LogP contribution in [0.15, 0.2) is 18.2 Å². The van der Waals surface area contributed by atoms with Crippen molar-refractivity contribution in [2.75, 3.05) is 18.5 Å². The van der Waals surface area contributed by atoms with Gasteiger partial charge in [-0.2, -0.15) is 13.2 Å². The first-order valence-corrected chi connectivity index (χ1v) is 7.35. The van der Waals surface area contributed by atoms with E-state index in [1.165, 1.54) is 6.07 Å². The summed E-state index contributed by atoms with van der Waals surface area (Å²) in [6, 6.07) is 4.50. The molecule has 0 saturated heterocycles. The lowest BCUT2D eigenvalue weighted by Gasteiger charge is -2.24. The molecule has 0 spiro atoms. The van der Waals surface area contributed by atoms with Gasteiger partial charge in [-0.25, -0.2) is 0 Å². The highest BCUT2D eigenvalue weighted by molar-refractivity contribution is 9.08. The van der Waals surface area contributed by atoms with Gasteiger partial charge in [0.25, 0.3) is 0 Å². The molecule has 1 nitrogen and oxygen atoms in total. The van der Waals surface area contributed by atoms with Crippen molar-refractivity contribution in [3.8, 4) is 0 Å². The number of hydrogen-bond donors (Lipinski definition) is 0. The molecule has 0 saturated carbocycles. The molecular formula is C14H19BrF3N. The SMILES string of the molecule is CC(C)CCN(C)c1ccc(CBr)cc1C(F)(F)F. The Bertz CT molecular complexity index is 416. The lowest BCUT2D eigenvalue weighted by atomic mass is 10.1. The zero-order valence-electron chi connectivity index (χ0n) is 11.4. The van der Waals surface area contributed by atoms with Crippen LogP contribution in [-0.4, -0.2) is 13.6 Å². The van der Waals surface area contributed by atoms with Gasteiger partial charge < -0.3 is 4.90 Å². The van der Waals surface area contributed by atoms with E-state index < -0.39 is 11.7 Å². The van der Waals surface area contributed by atoms with Crippen molar-refractivity contribution in [1.29, 1.82) is 0 Å². The molecule has 1 aromatic carbocycles. The van der Waals surface area contributed by atoms with Gasteiger partial charge in [-0.05, 0) is 30.0 Å². The number of hydrogen-bond acceptors (Lipinski definition) is 1. The summed E-state index contributed by atoms with van der Waals surface area (Å²) in [6.07, 6.45) is -3.45. The fourth-order valence-corrected chi connectivity index (χ4v) is 2.15. The highest BCUT2D eigenvalue weighted by Gasteiger charge is 2.34. The molecule has 1 rings (SSSR count). The number of benzene rings is 1. The van der Waals surface area contributed by atoms with Crippen LogP contribution < -0.4 is 4.90 Å². The number of anilines is 1. The Morgan fingerprint density at radius 2 is 1.89 bits per heavy atom. The molecule has 0 unspecified atom stereocenters. The first kappa shape index (κ1) is 16.3. The standard InChI is InChI=1S/C14H19BrF3N/c1-10(2)6-7-19(3)13-5-4-11(9-15)8-12(13)14(16,17)18/h4-5,8,10H,6-7,9H2,1-3H3. The predicted octanol–water partition coefficient (Wildman–Crippen LogP) is 5.08. The Labute approximate surface area is 120 Å². The molecular weight excluding hydrogens is 319 g/mol. The van der Waals surface area contributed by atoms with Crippen LogP contribution in [0.3, 0.4) is 0 Å². The Morgan fingerprint density at radius 1 is 1.26 bits per heavy atom. The van der Waals surface area contributed by atoms with Crippen LogP contribution >= 0.6 is 15.9 Å². The summed E-state index contributed by atoms with van der Waals surface area (Å²) >= 11 is 3.19. The van der Waals surface area contributed by atoms with E-state index in [-0.39, 0.29) is 5.69 Å². The number of alkyl halides is 4. The van der Waals surface area contributed by atoms with Gasteiger partial charge in [0.2, 0.25) is 0 Å². The molecule has 0 N–H and O–H groups in total. The number of halogens is 4. The van der Waals surface area contributed by atoms with Crippen LogP contribution in [0.5, 0.6) is 0 Å². The van der Waals surface area contributed by atoms with E-state index in [2.05, 4.69) is 29.8 Å². The average Bonchev–Trinajstić information content (AvgIpc) is 2.34. The van der Waals surface area contributed by atoms with Crippen LogP contribution in [-0.2, 0) is 11.5 Å². The topological polar surface area (TPSA) is 3.24 Å². The first-order chi connectivity index (χ1) is 8.75. The van der Waals surface area contributed by atoms with Crippen LogP contribution in [0.4, 0.5) is 18.9 Å². The van der Waals surface area contributed by atoms with Gasteiger partial charge >= 0.3 is 6.18 Å². The van der Waals surface area contributed by atoms with Crippen molar-refractivity contribution in [1.82, 2.24) is 0 Å². The van der Waals surface area contributed by atoms with Crippen LogP contribution in [0.1, 0.15) is 31.4 Å². The second kappa shape index (κ2) is 6.64. The summed E-state index contributed by atoms with van der Waals surface area (Å²) in [4.78, 5) is 1.68. The Balaban J connectivity index is 3.05. The fourth-order valence-electron chi connectivity index (χ4n) is 1.80. The Morgan fingerprint density at radius 3 is 2.37 bits per heavy atom. The second-order valence-corrected chi connectivity index (χ2v) is 5.65. The van der Waals surface area contributed by atoms with Crippen LogP contribution in [0.25, 0.3) is 0 Å². The van der Waals surface area contributed by atoms with Crippen molar-refractivity contribution in [2.45, 2.75) is 31.8 Å². The van der Waals surface area contributed by atoms with Gasteiger partial charge in [-0.1, -0.05) is 35.8 Å². The zero-order valence-corrected chi connectivity index (χ0v) is 13.0. The van der Waals surface area contributed by atoms with Crippen molar-refractivity contribution in [2.24, 2.45) is 5.92 Å². The summed E-state index contributed by atoms with van der Waals surface area (Å²) < 4.78 is 39.2. The normalized spacial score (nSPS) is 12.0. The summed E-state index contributed by atoms with van der Waals surface area (Å²) in [7, 11) is 1.71. The molecule has 0 aliphatic heterocycles. The highest BCUT2D eigenvalue weighted by Crippen LogP contribution is 2.37. The van der Waals surface area contributed by atoms with E-state index in [0.717, 1.165) is 6.42 Å². The van der Waals surface area contributed by atoms with Crippen molar-refractivity contribution >= 4 is 21.6 Å². The van der Waals surface area contributed by atoms with E-state index in [0.29, 0.717) is 23.4 Å². The van der Waals surface area contributed by atoms with E-state index in [1.807, 2.05) is 0 Å². The summed E-state index contributed by atoms with van der Waals surface area (Å²) in [5, 5.41) is 0.423. The molecule has 0 aliphatic carbocycles. The molecule has 108 valence electrons. The molecule has 5 heteroatoms. The lowest BCUT2D eigenvalue weighted by molar-refractivity contribution is -0.137. The minimum Gasteiger partial charge on any atom is -0.374 e. The maximum Gasteiger partial charge on any atom is 0.418 e. The third kappa shape index (κ3) is 4.71. The van der Waals surface area contributed by atoms with E-state index in [9.17, 15) is 13.2 Å². The monoisotopic (exact) mass is 337 g/mol. The quantitative estimate of drug-likeness (QED) is 0.677. The van der Waals surface area contributed by atoms with Gasteiger partial charge in [0.05, 0.1) is 5.56 Å². The summed E-state index contributed by atoms with van der Waals surface area (Å²) in [5.74, 6) is 0.471. The van der Waals surface area contributed by atoms with Gasteiger partial charge in [0.15, 0.2) is 0 Å². The van der Waals surface area contributed by atoms with Gasteiger partial charge in [-0.3, -0.25) is 0 Å². The maximum absolute atomic E-state index is 13.1. The minimum atomic E-state index is -4.32. The van der Waals surface area contributed by atoms with Crippen molar-refractivity contribution < 1.29 is 13.2 Å². The third-order valence-corrected chi connectivity index (χ3v) is 3.62. The molecule has 1 aromatic rings. The van der Waals surface area contributed by atoms with E-state index in [1.54, 1.807) is 24.1 Å². The molecule has 0 fully saturated rings. The van der Waals surface area contributed by atoms with Crippen molar-refractivity contribution in [3.63, 3.8) is 0 Å². The molecule has 0 aliphatic rings. The smallest absolute Gasteiger partial charge is 0.374 e. The lowest BCUT2D eigenvalue weighted by Crippen LogP contribution is -2.23. The van der Waals surface area contributed by atoms with Gasteiger partial charge in [0.1, 0.15) is 0 Å². The Kier molecular flexibility index (Phi) is 5.71. The van der Waals surface area contributed by atoms with Gasteiger partial charge in [0, 0.05) is 24.6 Å². The van der Waals surface area contributed by atoms with Gasteiger partial charge in [-0.15, -0.1) is 0 Å². The third-order valence-electron chi connectivity index (χ3n) is 2.97. The molecule has 0 radical (unpaired) electrons. The Hall–Kier alpha value is -0.710. The zero-order chi connectivity index (χ0) is 14.6. The molecule has 19 heavy (non-hydrogen) atoms. The fraction of sp³-hybridized carbons (Fsp3) is 0.571. The molecule has 0 atom stereocenters. The van der Waals surface area contributed by atoms with Crippen LogP contribution in [0, 0.1) is 5.92 Å². The number of rotatable bonds is 5. The molecule has 0 heterocycles. The number of nitrogens with zero attached hydrogens (tertiary/aromatic N) is 1. The van der Waals surface area contributed by atoms with Crippen molar-refractivity contribution in [3.05, 3.63) is 29.3 Å². The van der Waals surface area contributed by atoms with E-state index >= 15 is 0 Å². The maximum atomic E-state index is 13.1. The molecule has 0 aromatic heterocycles. The summed E-state index contributed by atoms with van der Waals surface area (Å²) in [5.41, 5.74) is 0.321. The summed E-state index contributed by atoms with van der Waals surface area (Å²) in [6.45, 7) is 4.74. The van der Waals surface area contributed by atoms with E-state index in [4.69, 9.17) is 0 Å². The minimum absolute atomic E-state index is 0.248. The highest BCUT2D eigenvalue weighted by atomic mass is 79.9. The predicted molar refractivity (Wildman–Crippen MR) is 76.8 cm³/mol. The molecule has 0 amide bonds. The largest absolute Gasteiger partial charge is 0.418 e. The average molecular weight is 338 g/mol. The second-order valence-electron chi connectivity index (χ2n) is 5.09. The first-order valence-electron chi connectivity index (χ1n) is 6.23. The molecule has 0 bridgehead atoms.